The Morgan fingerprint density at radius 2 is 1.00 bits per heavy atom. The number of pyridine rings is 1. The minimum absolute atomic E-state index is 0. The molecule has 2 bridgehead atoms. The van der Waals surface area contributed by atoms with Crippen LogP contribution in [0.1, 0.15) is 158 Å². The van der Waals surface area contributed by atoms with Crippen molar-refractivity contribution in [1.82, 2.24) is 4.98 Å². The Labute approximate surface area is 285 Å². The number of aromatic nitrogens is 1. The predicted molar refractivity (Wildman–Crippen MR) is 192 cm³/mol. The first-order valence-corrected chi connectivity index (χ1v) is 21.0. The van der Waals surface area contributed by atoms with Gasteiger partial charge in [0.1, 0.15) is 0 Å². The number of hydrogen-bond donors (Lipinski definition) is 0. The van der Waals surface area contributed by atoms with Gasteiger partial charge in [-0.25, -0.2) is 0 Å². The van der Waals surface area contributed by atoms with Crippen molar-refractivity contribution in [2.45, 2.75) is 179 Å². The van der Waals surface area contributed by atoms with E-state index < -0.39 is 0 Å². The van der Waals surface area contributed by atoms with Gasteiger partial charge in [0, 0.05) is 17.1 Å². The fraction of sp³-hybridized carbons (Fsp3) is 0.857. The molecule has 257 valence electrons. The molecule has 2 unspecified atom stereocenters. The molecule has 1 aliphatic heterocycles. The molecule has 1 aromatic heterocycles. The zero-order valence-corrected chi connectivity index (χ0v) is 29.7. The number of unbranched alkanes of at least 4 members (excludes halogenated alkanes) is 11. The summed E-state index contributed by atoms with van der Waals surface area (Å²) in [5.41, 5.74) is 3.73. The second-order valence-corrected chi connectivity index (χ2v) is 14.9. The number of nitrogens with zero attached hydrogens (tertiary/aromatic N) is 5. The van der Waals surface area contributed by atoms with Crippen molar-refractivity contribution in [3.63, 3.8) is 0 Å². The van der Waals surface area contributed by atoms with Crippen LogP contribution in [0.15, 0.2) is 12.1 Å². The van der Waals surface area contributed by atoms with Gasteiger partial charge in [-0.3, -0.25) is 4.98 Å². The third-order valence-corrected chi connectivity index (χ3v) is 9.50. The Morgan fingerprint density at radius 1 is 0.628 bits per heavy atom. The molecule has 2 aliphatic carbocycles. The van der Waals surface area contributed by atoms with E-state index in [1.165, 1.54) is 134 Å². The van der Waals surface area contributed by atoms with Gasteiger partial charge >= 0.3 is 33.3 Å². The SMILES string of the molecule is CCCCCCCCCCCCCCc1cc2nc(c1)C[N-][C@@H]1CCCC[C@H]1[N-]CC[N-]C1CCCCC1[N-]C2.[Cl][Mn][Cl].[HH].[HH].[HH].[HH]. The minimum atomic E-state index is 0. The molecule has 0 amide bonds. The number of fused-ring (bicyclic) bond motifs is 4. The van der Waals surface area contributed by atoms with Crippen LogP contribution >= 0.6 is 20.2 Å². The van der Waals surface area contributed by atoms with Crippen LogP contribution in [0.25, 0.3) is 21.3 Å². The molecule has 2 saturated carbocycles. The van der Waals surface area contributed by atoms with Crippen LogP contribution in [0, 0.1) is 0 Å². The molecule has 4 rings (SSSR count). The molecule has 4 atom stereocenters. The largest absolute Gasteiger partial charge is 0 e. The normalized spacial score (nSPS) is 24.9. The van der Waals surface area contributed by atoms with E-state index in [1.807, 2.05) is 0 Å². The summed E-state index contributed by atoms with van der Waals surface area (Å²) in [6, 6.07) is 6.16. The van der Waals surface area contributed by atoms with Crippen molar-refractivity contribution in [2.75, 3.05) is 13.1 Å². The topological polar surface area (TPSA) is 69.3 Å². The van der Waals surface area contributed by atoms with Crippen molar-refractivity contribution < 1.29 is 18.8 Å². The van der Waals surface area contributed by atoms with Crippen LogP contribution in [0.5, 0.6) is 0 Å². The first-order valence-electron chi connectivity index (χ1n) is 17.8. The van der Waals surface area contributed by atoms with Gasteiger partial charge in [-0.2, -0.15) is 37.3 Å². The minimum Gasteiger partial charge on any atom is 0 e. The molecule has 3 aliphatic rings. The van der Waals surface area contributed by atoms with E-state index in [-0.39, 0.29) is 18.8 Å². The summed E-state index contributed by atoms with van der Waals surface area (Å²) >= 11 is 0.00694. The van der Waals surface area contributed by atoms with E-state index >= 15 is 0 Å². The van der Waals surface area contributed by atoms with Gasteiger partial charge in [0.2, 0.25) is 0 Å². The van der Waals surface area contributed by atoms with Crippen molar-refractivity contribution >= 4 is 20.2 Å². The van der Waals surface area contributed by atoms with Crippen molar-refractivity contribution in [3.05, 3.63) is 50.4 Å². The maximum absolute atomic E-state index is 5.19. The fourth-order valence-electron chi connectivity index (χ4n) is 7.10. The smallest absolute Gasteiger partial charge is 0 e. The maximum atomic E-state index is 5.19. The van der Waals surface area contributed by atoms with Crippen molar-refractivity contribution in [3.8, 4) is 0 Å². The van der Waals surface area contributed by atoms with E-state index in [2.05, 4.69) is 19.1 Å². The van der Waals surface area contributed by atoms with Crippen LogP contribution < -0.4 is 0 Å². The molecule has 1 aromatic rings. The molecular formula is C35H67Cl2MnN5-4. The van der Waals surface area contributed by atoms with Crippen LogP contribution in [0.2, 0.25) is 0 Å². The molecule has 2 heterocycles. The average molecular weight is 684 g/mol. The van der Waals surface area contributed by atoms with Gasteiger partial charge in [-0.15, -0.1) is 13.1 Å². The van der Waals surface area contributed by atoms with E-state index in [0.717, 1.165) is 44.0 Å². The van der Waals surface area contributed by atoms with Crippen molar-refractivity contribution in [1.29, 1.82) is 0 Å². The number of hydrogen-bond acceptors (Lipinski definition) is 1. The maximum Gasteiger partial charge on any atom is 0 e. The Bertz CT molecular complexity index is 803. The molecule has 0 aromatic carbocycles. The van der Waals surface area contributed by atoms with E-state index in [0.29, 0.717) is 24.2 Å². The Kier molecular flexibility index (Phi) is 21.2. The van der Waals surface area contributed by atoms with Crippen LogP contribution in [0.4, 0.5) is 0 Å². The van der Waals surface area contributed by atoms with Crippen LogP contribution in [-0.4, -0.2) is 42.2 Å². The fourth-order valence-corrected chi connectivity index (χ4v) is 7.10. The molecule has 5 nitrogen and oxygen atoms in total. The van der Waals surface area contributed by atoms with E-state index in [9.17, 15) is 0 Å². The van der Waals surface area contributed by atoms with Gasteiger partial charge in [0.15, 0.2) is 0 Å². The molecule has 8 heteroatoms. The van der Waals surface area contributed by atoms with Gasteiger partial charge in [-0.1, -0.05) is 129 Å². The molecule has 0 spiro atoms. The summed E-state index contributed by atoms with van der Waals surface area (Å²) in [7, 11) is 9.59. The molecule has 2 fully saturated rings. The number of halogens is 2. The summed E-state index contributed by atoms with van der Waals surface area (Å²) in [4.78, 5) is 5.08. The standard InChI is InChI=1S/C35H59N5.2ClH.Mn.4H2/c1-2-3-4-5-6-7-8-9-10-11-12-13-18-29-25-30-27-38-34-21-16-14-19-32(34)36-23-24-37-33-20-15-17-22-35(33)39-28-31(26-29)40-30;;;;;;;/h25-26,32-35H,2-24,27-28H2,1H3;2*1H;;4*1H/q-4;;;+2;;;;/p-2/t32-,33?,34-,35?;;;;;;;/m1......./s1. The zero-order chi connectivity index (χ0) is 30.4. The number of aryl methyl sites for hydroxylation is 1. The third kappa shape index (κ3) is 16.0. The van der Waals surface area contributed by atoms with Gasteiger partial charge in [0.25, 0.3) is 0 Å². The van der Waals surface area contributed by atoms with E-state index in [1.54, 1.807) is 0 Å². The second-order valence-electron chi connectivity index (χ2n) is 13.0. The van der Waals surface area contributed by atoms with E-state index in [4.69, 9.17) is 46.4 Å². The first-order chi connectivity index (χ1) is 21.2. The summed E-state index contributed by atoms with van der Waals surface area (Å²) in [6.07, 6.45) is 27.8. The van der Waals surface area contributed by atoms with Crippen LogP contribution in [0.3, 0.4) is 0 Å². The van der Waals surface area contributed by atoms with Crippen molar-refractivity contribution in [2.24, 2.45) is 0 Å². The quantitative estimate of drug-likeness (QED) is 0.151. The Hall–Kier alpha value is 0.0895. The predicted octanol–water partition coefficient (Wildman–Crippen LogP) is 12.8. The molecule has 0 saturated heterocycles. The summed E-state index contributed by atoms with van der Waals surface area (Å²) in [6.45, 7) is 5.47. The summed E-state index contributed by atoms with van der Waals surface area (Å²) < 4.78 is 0. The zero-order valence-electron chi connectivity index (χ0n) is 27.0. The molecular weight excluding hydrogens is 616 g/mol. The Balaban J connectivity index is 0. The average Bonchev–Trinajstić information content (AvgIpc) is 3.03. The summed E-state index contributed by atoms with van der Waals surface area (Å²) in [5, 5.41) is 20.6. The first kappa shape index (κ1) is 37.5. The Morgan fingerprint density at radius 3 is 1.42 bits per heavy atom. The third-order valence-electron chi connectivity index (χ3n) is 9.50. The summed E-state index contributed by atoms with van der Waals surface area (Å²) in [5.74, 6) is 0. The molecule has 0 radical (unpaired) electrons. The van der Waals surface area contributed by atoms with Crippen LogP contribution in [-0.2, 0) is 32.6 Å². The monoisotopic (exact) mass is 682 g/mol. The van der Waals surface area contributed by atoms with Gasteiger partial charge in [-0.05, 0) is 30.5 Å². The number of rotatable bonds is 13. The van der Waals surface area contributed by atoms with Gasteiger partial charge in [0.05, 0.1) is 0 Å². The molecule has 43 heavy (non-hydrogen) atoms. The van der Waals surface area contributed by atoms with Gasteiger partial charge < -0.3 is 21.3 Å². The molecule has 0 N–H and O–H groups in total. The second kappa shape index (κ2) is 24.3.